The SMILES string of the molecule is CN(C)C(=O)Oc1ccc2ccccc2c1-c1c(OC(=S)N(C)C)ccc2ccccc12. The second-order valence-corrected chi connectivity index (χ2v) is 8.19. The minimum atomic E-state index is -0.451. The Bertz CT molecular complexity index is 1230. The maximum atomic E-state index is 12.5. The lowest BCUT2D eigenvalue weighted by Gasteiger charge is -2.21. The van der Waals surface area contributed by atoms with E-state index in [2.05, 4.69) is 0 Å². The van der Waals surface area contributed by atoms with Crippen molar-refractivity contribution in [3.63, 3.8) is 0 Å². The van der Waals surface area contributed by atoms with Crippen LogP contribution in [0.4, 0.5) is 4.79 Å². The molecule has 0 saturated heterocycles. The number of benzene rings is 4. The van der Waals surface area contributed by atoms with E-state index in [-0.39, 0.29) is 0 Å². The molecule has 6 heteroatoms. The van der Waals surface area contributed by atoms with Gasteiger partial charge < -0.3 is 19.3 Å². The Morgan fingerprint density at radius 1 is 0.656 bits per heavy atom. The van der Waals surface area contributed by atoms with E-state index in [1.54, 1.807) is 19.0 Å². The Labute approximate surface area is 192 Å². The van der Waals surface area contributed by atoms with Crippen molar-refractivity contribution in [2.24, 2.45) is 0 Å². The largest absolute Gasteiger partial charge is 0.431 e. The van der Waals surface area contributed by atoms with Gasteiger partial charge >= 0.3 is 6.09 Å². The van der Waals surface area contributed by atoms with Gasteiger partial charge in [-0.15, -0.1) is 0 Å². The zero-order valence-corrected chi connectivity index (χ0v) is 19.3. The van der Waals surface area contributed by atoms with Gasteiger partial charge in [0.1, 0.15) is 11.5 Å². The predicted molar refractivity (Wildman–Crippen MR) is 134 cm³/mol. The molecule has 0 unspecified atom stereocenters. The molecule has 0 aliphatic rings. The Kier molecular flexibility index (Phi) is 5.97. The molecule has 32 heavy (non-hydrogen) atoms. The summed E-state index contributed by atoms with van der Waals surface area (Å²) in [6.07, 6.45) is -0.451. The molecule has 0 spiro atoms. The molecule has 0 saturated carbocycles. The Hall–Kier alpha value is -3.64. The summed E-state index contributed by atoms with van der Waals surface area (Å²) < 4.78 is 11.9. The number of carbonyl (C=O) groups excluding carboxylic acids is 1. The molecule has 0 aliphatic carbocycles. The van der Waals surface area contributed by atoms with E-state index in [0.717, 1.165) is 32.7 Å². The molecule has 0 bridgehead atoms. The molecule has 0 radical (unpaired) electrons. The highest BCUT2D eigenvalue weighted by atomic mass is 32.1. The van der Waals surface area contributed by atoms with Gasteiger partial charge in [0, 0.05) is 39.3 Å². The number of thiocarbonyl (C=S) groups is 1. The van der Waals surface area contributed by atoms with E-state index in [1.807, 2.05) is 86.9 Å². The molecule has 0 aromatic heterocycles. The third kappa shape index (κ3) is 4.09. The van der Waals surface area contributed by atoms with Crippen molar-refractivity contribution in [2.75, 3.05) is 28.2 Å². The average Bonchev–Trinajstić information content (AvgIpc) is 2.79. The zero-order chi connectivity index (χ0) is 22.8. The Morgan fingerprint density at radius 2 is 1.12 bits per heavy atom. The fourth-order valence-corrected chi connectivity index (χ4v) is 3.65. The summed E-state index contributed by atoms with van der Waals surface area (Å²) in [7, 11) is 6.99. The highest BCUT2D eigenvalue weighted by molar-refractivity contribution is 7.80. The standard InChI is InChI=1S/C26H24N2O3S/c1-27(2)25(29)30-21-15-13-17-9-5-7-11-19(17)23(21)24-20-12-8-6-10-18(20)14-16-22(24)31-26(32)28(3)4/h5-16H,1-4H3. The van der Waals surface area contributed by atoms with Crippen LogP contribution in [-0.2, 0) is 0 Å². The Morgan fingerprint density at radius 3 is 1.59 bits per heavy atom. The van der Waals surface area contributed by atoms with Crippen molar-refractivity contribution in [3.8, 4) is 22.6 Å². The first-order valence-corrected chi connectivity index (χ1v) is 10.6. The fourth-order valence-electron chi connectivity index (χ4n) is 3.56. The van der Waals surface area contributed by atoms with E-state index in [4.69, 9.17) is 21.7 Å². The highest BCUT2D eigenvalue weighted by Crippen LogP contribution is 2.45. The molecule has 0 fully saturated rings. The number of rotatable bonds is 3. The van der Waals surface area contributed by atoms with Crippen molar-refractivity contribution in [2.45, 2.75) is 0 Å². The van der Waals surface area contributed by atoms with E-state index in [0.29, 0.717) is 16.7 Å². The lowest BCUT2D eigenvalue weighted by molar-refractivity contribution is 0.172. The van der Waals surface area contributed by atoms with Gasteiger partial charge in [0.25, 0.3) is 5.17 Å². The highest BCUT2D eigenvalue weighted by Gasteiger charge is 2.22. The van der Waals surface area contributed by atoms with Gasteiger partial charge in [-0.1, -0.05) is 60.7 Å². The first kappa shape index (κ1) is 21.6. The number of hydrogen-bond acceptors (Lipinski definition) is 4. The monoisotopic (exact) mass is 444 g/mol. The predicted octanol–water partition coefficient (Wildman–Crippen LogP) is 5.95. The lowest BCUT2D eigenvalue weighted by Crippen LogP contribution is -2.26. The number of carbonyl (C=O) groups is 1. The fraction of sp³-hybridized carbons (Fsp3) is 0.154. The molecule has 4 rings (SSSR count). The summed E-state index contributed by atoms with van der Waals surface area (Å²) in [5.41, 5.74) is 1.61. The number of fused-ring (bicyclic) bond motifs is 2. The molecule has 4 aromatic carbocycles. The molecule has 0 N–H and O–H groups in total. The van der Waals surface area contributed by atoms with Gasteiger partial charge in [0.05, 0.1) is 0 Å². The van der Waals surface area contributed by atoms with Crippen LogP contribution in [0.5, 0.6) is 11.5 Å². The van der Waals surface area contributed by atoms with Crippen molar-refractivity contribution >= 4 is 45.0 Å². The normalized spacial score (nSPS) is 10.8. The quantitative estimate of drug-likeness (QED) is 0.366. The number of nitrogens with zero attached hydrogens (tertiary/aromatic N) is 2. The summed E-state index contributed by atoms with van der Waals surface area (Å²) in [6, 6.07) is 23.8. The molecule has 4 aromatic rings. The topological polar surface area (TPSA) is 42.0 Å². The van der Waals surface area contributed by atoms with Crippen LogP contribution in [0.3, 0.4) is 0 Å². The molecule has 0 heterocycles. The van der Waals surface area contributed by atoms with Gasteiger partial charge in [-0.05, 0) is 45.9 Å². The Balaban J connectivity index is 2.07. The van der Waals surface area contributed by atoms with Crippen LogP contribution in [0, 0.1) is 0 Å². The van der Waals surface area contributed by atoms with E-state index in [1.165, 1.54) is 4.90 Å². The van der Waals surface area contributed by atoms with Crippen LogP contribution >= 0.6 is 12.2 Å². The van der Waals surface area contributed by atoms with Crippen molar-refractivity contribution in [3.05, 3.63) is 72.8 Å². The van der Waals surface area contributed by atoms with E-state index < -0.39 is 6.09 Å². The third-order valence-corrected chi connectivity index (χ3v) is 5.60. The van der Waals surface area contributed by atoms with E-state index >= 15 is 0 Å². The average molecular weight is 445 g/mol. The van der Waals surface area contributed by atoms with Gasteiger partial charge in [0.15, 0.2) is 0 Å². The van der Waals surface area contributed by atoms with Crippen LogP contribution in [0.25, 0.3) is 32.7 Å². The van der Waals surface area contributed by atoms with Crippen molar-refractivity contribution < 1.29 is 14.3 Å². The smallest absolute Gasteiger partial charge is 0.414 e. The summed E-state index contributed by atoms with van der Waals surface area (Å²) in [6.45, 7) is 0. The third-order valence-electron chi connectivity index (χ3n) is 5.16. The molecular weight excluding hydrogens is 420 g/mol. The maximum Gasteiger partial charge on any atom is 0.414 e. The number of ether oxygens (including phenoxy) is 2. The molecule has 5 nitrogen and oxygen atoms in total. The van der Waals surface area contributed by atoms with E-state index in [9.17, 15) is 4.79 Å². The summed E-state index contributed by atoms with van der Waals surface area (Å²) >= 11 is 5.44. The summed E-state index contributed by atoms with van der Waals surface area (Å²) in [5.74, 6) is 1.06. The maximum absolute atomic E-state index is 12.5. The van der Waals surface area contributed by atoms with Gasteiger partial charge in [-0.25, -0.2) is 4.79 Å². The minimum absolute atomic E-state index is 0.341. The first-order chi connectivity index (χ1) is 15.4. The van der Waals surface area contributed by atoms with Gasteiger partial charge in [-0.2, -0.15) is 0 Å². The molecule has 0 aliphatic heterocycles. The zero-order valence-electron chi connectivity index (χ0n) is 18.5. The van der Waals surface area contributed by atoms with Crippen molar-refractivity contribution in [1.29, 1.82) is 0 Å². The summed E-state index contributed by atoms with van der Waals surface area (Å²) in [5, 5.41) is 4.34. The van der Waals surface area contributed by atoms with Crippen LogP contribution in [0.15, 0.2) is 72.8 Å². The van der Waals surface area contributed by atoms with Gasteiger partial charge in [-0.3, -0.25) is 0 Å². The molecular formula is C26H24N2O3S. The molecule has 1 amide bonds. The van der Waals surface area contributed by atoms with Gasteiger partial charge in [0.2, 0.25) is 0 Å². The van der Waals surface area contributed by atoms with Crippen LogP contribution in [0.2, 0.25) is 0 Å². The molecule has 0 atom stereocenters. The van der Waals surface area contributed by atoms with Crippen LogP contribution < -0.4 is 9.47 Å². The second-order valence-electron chi connectivity index (χ2n) is 7.84. The van der Waals surface area contributed by atoms with Crippen LogP contribution in [0.1, 0.15) is 0 Å². The second kappa shape index (κ2) is 8.85. The number of hydrogen-bond donors (Lipinski definition) is 0. The summed E-state index contributed by atoms with van der Waals surface area (Å²) in [4.78, 5) is 15.6. The van der Waals surface area contributed by atoms with Crippen LogP contribution in [-0.4, -0.2) is 49.3 Å². The van der Waals surface area contributed by atoms with Crippen molar-refractivity contribution in [1.82, 2.24) is 9.80 Å². The number of amides is 1. The molecule has 162 valence electrons. The first-order valence-electron chi connectivity index (χ1n) is 10.2. The minimum Gasteiger partial charge on any atom is -0.431 e. The lowest BCUT2D eigenvalue weighted by atomic mass is 9.92.